The summed E-state index contributed by atoms with van der Waals surface area (Å²) in [5.74, 6) is 0.407. The molecule has 1 fully saturated rings. The van der Waals surface area contributed by atoms with Crippen LogP contribution in [-0.2, 0) is 29.2 Å². The molecule has 20 heteroatoms. The van der Waals surface area contributed by atoms with Crippen molar-refractivity contribution in [1.29, 1.82) is 0 Å². The van der Waals surface area contributed by atoms with Crippen LogP contribution in [-0.4, -0.2) is 54.7 Å². The Labute approximate surface area is 277 Å². The first-order valence-corrected chi connectivity index (χ1v) is 12.6. The van der Waals surface area contributed by atoms with Crippen molar-refractivity contribution in [3.05, 3.63) is 48.5 Å². The van der Waals surface area contributed by atoms with E-state index in [1.165, 1.54) is 17.2 Å². The summed E-state index contributed by atoms with van der Waals surface area (Å²) in [6, 6.07) is 9.53. The number of rotatable bonds is 9. The molecule has 0 spiro atoms. The topological polar surface area (TPSA) is 227 Å². The molecule has 1 saturated heterocycles. The number of aromatic nitrogens is 4. The zero-order chi connectivity index (χ0) is 24.5. The molecule has 3 N–H and O–H groups in total. The molecule has 0 saturated carbocycles. The molecule has 0 amide bonds. The number of phosphoric acid groups is 2. The number of anilines is 1. The van der Waals surface area contributed by atoms with Crippen molar-refractivity contribution >= 4 is 32.6 Å². The maximum absolute atomic E-state index is 11.4. The zero-order valence-corrected chi connectivity index (χ0v) is 27.9. The van der Waals surface area contributed by atoms with E-state index in [1.54, 1.807) is 0 Å². The summed E-state index contributed by atoms with van der Waals surface area (Å²) in [6.45, 7) is -0.474. The molecule has 1 aliphatic rings. The molecule has 1 aromatic carbocycles. The zero-order valence-electron chi connectivity index (χ0n) is 20.1. The summed E-state index contributed by atoms with van der Waals surface area (Å²) >= 11 is 0. The molecule has 4 rings (SSSR count). The van der Waals surface area contributed by atoms with Gasteiger partial charge in [-0.3, -0.25) is 13.4 Å². The molecule has 3 heterocycles. The Balaban J connectivity index is 0.00000228. The number of fused-ring (bicyclic) bond motifs is 1. The van der Waals surface area contributed by atoms with E-state index < -0.39 is 46.8 Å². The summed E-state index contributed by atoms with van der Waals surface area (Å²) in [5, 5.41) is 23.8. The first-order valence-electron chi connectivity index (χ1n) is 9.70. The molecule has 1 unspecified atom stereocenters. The van der Waals surface area contributed by atoms with Gasteiger partial charge < -0.3 is 44.0 Å². The minimum Gasteiger partial charge on any atom is -0.790 e. The van der Waals surface area contributed by atoms with Crippen LogP contribution in [0.1, 0.15) is 11.8 Å². The number of aliphatic hydroxyl groups excluding tert-OH is 2. The maximum Gasteiger partial charge on any atom is 1.00 e. The Morgan fingerprint density at radius 2 is 1.70 bits per heavy atom. The van der Waals surface area contributed by atoms with Crippen LogP contribution in [0.25, 0.3) is 11.2 Å². The fraction of sp³-hybridized carbons (Fsp3) is 0.353. The van der Waals surface area contributed by atoms with Crippen LogP contribution in [0.15, 0.2) is 43.0 Å². The average molecular weight is 583 g/mol. The smallest absolute Gasteiger partial charge is 0.790 e. The summed E-state index contributed by atoms with van der Waals surface area (Å²) in [6.07, 6.45) is -3.29. The normalized spacial score (nSPS) is 22.8. The predicted octanol–water partition coefficient (Wildman–Crippen LogP) is -10.6. The van der Waals surface area contributed by atoms with Crippen molar-refractivity contribution in [3.8, 4) is 0 Å². The standard InChI is InChI=1S/C17H21N5O10P2.3Na/c23-13-11(7-30-34(28,29)32-33(25,26)27)31-17(14(13)24)22-9-21-12-15(19-8-20-16(12)22)18-6-10-4-2-1-3-5-10;;;/h1-5,8-9,11,13-14,17,23-24H,6-7H2,(H,28,29)(H,18,19,20)(H2,25,26,27);;;/q;3*+1/p-3/t11-,13-,14-,17-;;;/m1.../s1. The number of nitrogens with zero attached hydrogens (tertiary/aromatic N) is 4. The van der Waals surface area contributed by atoms with Gasteiger partial charge in [-0.25, -0.2) is 15.0 Å². The van der Waals surface area contributed by atoms with Crippen molar-refractivity contribution in [2.75, 3.05) is 11.9 Å². The Bertz CT molecular complexity index is 1250. The number of ether oxygens (including phenoxy) is 1. The van der Waals surface area contributed by atoms with Gasteiger partial charge in [-0.1, -0.05) is 30.3 Å². The molecule has 184 valence electrons. The van der Waals surface area contributed by atoms with Crippen molar-refractivity contribution < 1.29 is 136 Å². The molecule has 15 nitrogen and oxygen atoms in total. The molecule has 0 radical (unpaired) electrons. The Kier molecular flexibility index (Phi) is 14.6. The van der Waals surface area contributed by atoms with E-state index in [0.717, 1.165) is 5.56 Å². The maximum atomic E-state index is 11.4. The number of nitrogens with one attached hydrogen (secondary N) is 1. The van der Waals surface area contributed by atoms with Gasteiger partial charge in [0.2, 0.25) is 0 Å². The Morgan fingerprint density at radius 3 is 2.35 bits per heavy atom. The van der Waals surface area contributed by atoms with E-state index in [2.05, 4.69) is 29.1 Å². The van der Waals surface area contributed by atoms with E-state index in [0.29, 0.717) is 17.9 Å². The molecule has 37 heavy (non-hydrogen) atoms. The molecule has 0 aliphatic carbocycles. The molecule has 2 aromatic heterocycles. The van der Waals surface area contributed by atoms with Crippen molar-refractivity contribution in [1.82, 2.24) is 19.5 Å². The van der Waals surface area contributed by atoms with Crippen molar-refractivity contribution in [2.45, 2.75) is 31.1 Å². The van der Waals surface area contributed by atoms with Crippen molar-refractivity contribution in [3.63, 3.8) is 0 Å². The Morgan fingerprint density at radius 1 is 1.03 bits per heavy atom. The minimum absolute atomic E-state index is 0. The largest absolute Gasteiger partial charge is 1.00 e. The quantitative estimate of drug-likeness (QED) is 0.157. The van der Waals surface area contributed by atoms with Crippen molar-refractivity contribution in [2.24, 2.45) is 0 Å². The number of hydrogen-bond donors (Lipinski definition) is 3. The van der Waals surface area contributed by atoms with Gasteiger partial charge >= 0.3 is 88.7 Å². The fourth-order valence-electron chi connectivity index (χ4n) is 3.36. The van der Waals surface area contributed by atoms with Gasteiger partial charge in [0.1, 0.15) is 24.6 Å². The number of imidazole rings is 1. The van der Waals surface area contributed by atoms with Crippen LogP contribution in [0.4, 0.5) is 5.82 Å². The van der Waals surface area contributed by atoms with Gasteiger partial charge in [0, 0.05) is 6.54 Å². The third kappa shape index (κ3) is 9.37. The van der Waals surface area contributed by atoms with Crippen LogP contribution in [0.2, 0.25) is 0 Å². The number of phosphoric ester groups is 1. The van der Waals surface area contributed by atoms with E-state index in [4.69, 9.17) is 4.74 Å². The van der Waals surface area contributed by atoms with Crippen LogP contribution in [0, 0.1) is 0 Å². The minimum atomic E-state index is -5.87. The number of aliphatic hydroxyl groups is 2. The Hall–Kier alpha value is 0.710. The molecule has 5 atom stereocenters. The fourth-order valence-corrected chi connectivity index (χ4v) is 4.85. The third-order valence-corrected chi connectivity index (χ3v) is 6.94. The summed E-state index contributed by atoms with van der Waals surface area (Å²) < 4.78 is 36.4. The average Bonchev–Trinajstić information content (AvgIpc) is 3.32. The van der Waals surface area contributed by atoms with Gasteiger partial charge in [0.25, 0.3) is 7.82 Å². The monoisotopic (exact) mass is 583 g/mol. The molecular weight excluding hydrogens is 565 g/mol. The van der Waals surface area contributed by atoms with E-state index in [9.17, 15) is 34.0 Å². The van der Waals surface area contributed by atoms with E-state index >= 15 is 0 Å². The second-order valence-electron chi connectivity index (χ2n) is 7.20. The SMILES string of the molecule is O=P([O-])([O-])OP(=O)([O-])OC[C@H]1O[C@@H](n2cnc3c(NCc4ccccc4)ncnc32)[C@H](O)[C@@H]1O.[Na+].[Na+].[Na+]. The second-order valence-corrected chi connectivity index (χ2v) is 9.90. The first kappa shape index (κ1) is 35.7. The second kappa shape index (κ2) is 15.1. The summed E-state index contributed by atoms with van der Waals surface area (Å²) in [5.41, 5.74) is 1.60. The van der Waals surface area contributed by atoms with Gasteiger partial charge in [0.15, 0.2) is 23.2 Å². The van der Waals surface area contributed by atoms with E-state index in [-0.39, 0.29) is 94.3 Å². The number of hydrogen-bond acceptors (Lipinski definition) is 14. The van der Waals surface area contributed by atoms with Gasteiger partial charge in [-0.05, 0) is 5.56 Å². The predicted molar refractivity (Wildman–Crippen MR) is 107 cm³/mol. The van der Waals surface area contributed by atoms with Crippen LogP contribution in [0.3, 0.4) is 0 Å². The molecule has 3 aromatic rings. The summed E-state index contributed by atoms with van der Waals surface area (Å²) in [4.78, 5) is 45.0. The van der Waals surface area contributed by atoms with Crippen LogP contribution >= 0.6 is 15.6 Å². The van der Waals surface area contributed by atoms with Gasteiger partial charge in [-0.2, -0.15) is 0 Å². The van der Waals surface area contributed by atoms with Crippen LogP contribution < -0.4 is 109 Å². The van der Waals surface area contributed by atoms with Gasteiger partial charge in [0.05, 0.1) is 20.8 Å². The molecule has 1 aliphatic heterocycles. The number of benzene rings is 1. The molecule has 0 bridgehead atoms. The van der Waals surface area contributed by atoms with E-state index in [1.807, 2.05) is 30.3 Å². The molecular formula is C17H18N5Na3O10P2. The van der Waals surface area contributed by atoms with Crippen LogP contribution in [0.5, 0.6) is 0 Å². The summed E-state index contributed by atoms with van der Waals surface area (Å²) in [7, 11) is -11.4. The first-order chi connectivity index (χ1) is 16.0. The van der Waals surface area contributed by atoms with Gasteiger partial charge in [-0.15, -0.1) is 0 Å². The third-order valence-electron chi connectivity index (χ3n) is 4.87.